The molecule has 0 spiro atoms. The minimum Gasteiger partial charge on any atom is -0.489 e. The number of carbonyl (C=O) groups excluding carboxylic acids is 1. The Morgan fingerprint density at radius 2 is 1.84 bits per heavy atom. The first-order chi connectivity index (χ1) is 12.2. The first-order valence-corrected chi connectivity index (χ1v) is 8.59. The van der Waals surface area contributed by atoms with Crippen LogP contribution in [0.5, 0.6) is 5.75 Å². The van der Waals surface area contributed by atoms with E-state index >= 15 is 0 Å². The van der Waals surface area contributed by atoms with Crippen LogP contribution in [0.25, 0.3) is 0 Å². The van der Waals surface area contributed by atoms with Gasteiger partial charge in [0.15, 0.2) is 0 Å². The summed E-state index contributed by atoms with van der Waals surface area (Å²) in [6.07, 6.45) is 5.12. The highest BCUT2D eigenvalue weighted by Gasteiger charge is 2.30. The van der Waals surface area contributed by atoms with Crippen molar-refractivity contribution in [2.24, 2.45) is 0 Å². The monoisotopic (exact) mass is 359 g/mol. The summed E-state index contributed by atoms with van der Waals surface area (Å²) >= 11 is 6.02. The van der Waals surface area contributed by atoms with Crippen LogP contribution in [-0.4, -0.2) is 60.2 Å². The molecule has 4 rings (SSSR count). The Balaban J connectivity index is 1.45. The topological polar surface area (TPSA) is 61.8 Å². The third-order valence-corrected chi connectivity index (χ3v) is 4.71. The molecule has 8 heteroatoms. The number of nitrogens with zero attached hydrogens (tertiary/aromatic N) is 5. The highest BCUT2D eigenvalue weighted by atomic mass is 35.5. The van der Waals surface area contributed by atoms with Crippen molar-refractivity contribution in [2.45, 2.75) is 0 Å². The maximum atomic E-state index is 13.0. The second-order valence-corrected chi connectivity index (χ2v) is 6.40. The van der Waals surface area contributed by atoms with Gasteiger partial charge in [-0.25, -0.2) is 14.8 Å². The molecule has 1 fully saturated rings. The molecule has 0 bridgehead atoms. The van der Waals surface area contributed by atoms with Gasteiger partial charge in [-0.1, -0.05) is 11.6 Å². The smallest absolute Gasteiger partial charge is 0.324 e. The van der Waals surface area contributed by atoms with E-state index in [1.165, 1.54) is 6.33 Å². The largest absolute Gasteiger partial charge is 0.489 e. The van der Waals surface area contributed by atoms with Crippen LogP contribution in [-0.2, 0) is 0 Å². The van der Waals surface area contributed by atoms with Gasteiger partial charge in [-0.05, 0) is 12.1 Å². The molecule has 7 nitrogen and oxygen atoms in total. The number of anilines is 2. The number of halogens is 1. The molecule has 2 aliphatic rings. The Hall–Kier alpha value is -2.54. The molecule has 1 aromatic heterocycles. The summed E-state index contributed by atoms with van der Waals surface area (Å²) < 4.78 is 5.63. The molecule has 2 aliphatic heterocycles. The Kier molecular flexibility index (Phi) is 4.31. The first kappa shape index (κ1) is 16.0. The lowest BCUT2D eigenvalue weighted by Gasteiger charge is -2.39. The summed E-state index contributed by atoms with van der Waals surface area (Å²) in [5.74, 6) is 0.659. The number of carbonyl (C=O) groups is 1. The fourth-order valence-corrected chi connectivity index (χ4v) is 3.34. The molecule has 0 aliphatic carbocycles. The number of fused-ring (bicyclic) bond motifs is 1. The van der Waals surface area contributed by atoms with Crippen LogP contribution in [0.1, 0.15) is 0 Å². The molecule has 25 heavy (non-hydrogen) atoms. The van der Waals surface area contributed by atoms with Crippen LogP contribution >= 0.6 is 11.6 Å². The van der Waals surface area contributed by atoms with Crippen molar-refractivity contribution in [1.29, 1.82) is 0 Å². The number of hydrogen-bond acceptors (Lipinski definition) is 5. The van der Waals surface area contributed by atoms with Crippen LogP contribution < -0.4 is 14.5 Å². The van der Waals surface area contributed by atoms with E-state index in [0.29, 0.717) is 37.0 Å². The summed E-state index contributed by atoms with van der Waals surface area (Å²) in [7, 11) is 0. The zero-order valence-corrected chi connectivity index (χ0v) is 14.4. The predicted octanol–water partition coefficient (Wildman–Crippen LogP) is 2.27. The average molecular weight is 360 g/mol. The molecule has 130 valence electrons. The molecular formula is C17H18ClN5O2. The second kappa shape index (κ2) is 6.76. The molecule has 2 aromatic rings. The van der Waals surface area contributed by atoms with Gasteiger partial charge in [-0.3, -0.25) is 4.90 Å². The van der Waals surface area contributed by atoms with Crippen molar-refractivity contribution in [3.63, 3.8) is 0 Å². The van der Waals surface area contributed by atoms with Crippen molar-refractivity contribution in [1.82, 2.24) is 14.9 Å². The molecule has 0 saturated carbocycles. The lowest BCUT2D eigenvalue weighted by molar-refractivity contribution is 0.196. The van der Waals surface area contributed by atoms with Gasteiger partial charge in [0.05, 0.1) is 30.3 Å². The Labute approximate surface area is 150 Å². The third-order valence-electron chi connectivity index (χ3n) is 4.48. The molecule has 0 unspecified atom stereocenters. The number of piperazine rings is 1. The van der Waals surface area contributed by atoms with Crippen LogP contribution in [0.15, 0.2) is 36.9 Å². The van der Waals surface area contributed by atoms with E-state index in [4.69, 9.17) is 16.3 Å². The lowest BCUT2D eigenvalue weighted by atomic mass is 10.2. The number of benzene rings is 1. The van der Waals surface area contributed by atoms with Crippen LogP contribution in [0, 0.1) is 0 Å². The van der Waals surface area contributed by atoms with Crippen molar-refractivity contribution < 1.29 is 9.53 Å². The number of hydrogen-bond donors (Lipinski definition) is 0. The SMILES string of the molecule is O=C(N1CCN(c2cncnc2)CC1)N1CCOc2cc(Cl)ccc21. The zero-order valence-electron chi connectivity index (χ0n) is 13.6. The first-order valence-electron chi connectivity index (χ1n) is 8.21. The van der Waals surface area contributed by atoms with E-state index in [9.17, 15) is 4.79 Å². The van der Waals surface area contributed by atoms with Crippen LogP contribution in [0.4, 0.5) is 16.2 Å². The Bertz CT molecular complexity index is 765. The van der Waals surface area contributed by atoms with Gasteiger partial charge in [0.25, 0.3) is 0 Å². The molecule has 0 atom stereocenters. The van der Waals surface area contributed by atoms with Crippen molar-refractivity contribution >= 4 is 29.0 Å². The summed E-state index contributed by atoms with van der Waals surface area (Å²) in [6.45, 7) is 3.86. The minimum atomic E-state index is 0.0100. The normalized spacial score (nSPS) is 17.1. The highest BCUT2D eigenvalue weighted by Crippen LogP contribution is 2.34. The standard InChI is InChI=1S/C17H18ClN5O2/c18-13-1-2-15-16(9-13)25-8-7-23(15)17(24)22-5-3-21(4-6-22)14-10-19-12-20-11-14/h1-2,9-12H,3-8H2. The fraction of sp³-hybridized carbons (Fsp3) is 0.353. The van der Waals surface area contributed by atoms with Crippen molar-refractivity contribution in [3.05, 3.63) is 41.9 Å². The molecule has 0 radical (unpaired) electrons. The number of urea groups is 1. The molecular weight excluding hydrogens is 342 g/mol. The van der Waals surface area contributed by atoms with Gasteiger partial charge < -0.3 is 14.5 Å². The summed E-state index contributed by atoms with van der Waals surface area (Å²) in [4.78, 5) is 26.9. The van der Waals surface area contributed by atoms with E-state index in [1.807, 2.05) is 11.0 Å². The Morgan fingerprint density at radius 3 is 2.60 bits per heavy atom. The minimum absolute atomic E-state index is 0.0100. The number of amides is 2. The second-order valence-electron chi connectivity index (χ2n) is 5.97. The average Bonchev–Trinajstić information content (AvgIpc) is 2.67. The van der Waals surface area contributed by atoms with E-state index in [0.717, 1.165) is 24.5 Å². The third kappa shape index (κ3) is 3.19. The van der Waals surface area contributed by atoms with Gasteiger partial charge in [0.1, 0.15) is 18.7 Å². The molecule has 3 heterocycles. The summed E-state index contributed by atoms with van der Waals surface area (Å²) in [6, 6.07) is 5.38. The van der Waals surface area contributed by atoms with Gasteiger partial charge in [0.2, 0.25) is 0 Å². The van der Waals surface area contributed by atoms with Crippen LogP contribution in [0.3, 0.4) is 0 Å². The highest BCUT2D eigenvalue weighted by molar-refractivity contribution is 6.30. The van der Waals surface area contributed by atoms with E-state index in [2.05, 4.69) is 14.9 Å². The predicted molar refractivity (Wildman–Crippen MR) is 95.5 cm³/mol. The number of aromatic nitrogens is 2. The lowest BCUT2D eigenvalue weighted by Crippen LogP contribution is -2.54. The zero-order chi connectivity index (χ0) is 17.2. The maximum absolute atomic E-state index is 13.0. The van der Waals surface area contributed by atoms with Gasteiger partial charge in [-0.15, -0.1) is 0 Å². The fourth-order valence-electron chi connectivity index (χ4n) is 3.17. The number of rotatable bonds is 1. The molecule has 0 N–H and O–H groups in total. The molecule has 2 amide bonds. The summed E-state index contributed by atoms with van der Waals surface area (Å²) in [5.41, 5.74) is 1.76. The van der Waals surface area contributed by atoms with Crippen molar-refractivity contribution in [3.8, 4) is 5.75 Å². The van der Waals surface area contributed by atoms with E-state index in [-0.39, 0.29) is 6.03 Å². The van der Waals surface area contributed by atoms with Crippen molar-refractivity contribution in [2.75, 3.05) is 49.1 Å². The van der Waals surface area contributed by atoms with Gasteiger partial charge >= 0.3 is 6.03 Å². The maximum Gasteiger partial charge on any atom is 0.324 e. The Morgan fingerprint density at radius 1 is 1.08 bits per heavy atom. The van der Waals surface area contributed by atoms with E-state index < -0.39 is 0 Å². The molecule has 1 aromatic carbocycles. The number of ether oxygens (including phenoxy) is 1. The van der Waals surface area contributed by atoms with Gasteiger partial charge in [-0.2, -0.15) is 0 Å². The van der Waals surface area contributed by atoms with Gasteiger partial charge in [0, 0.05) is 37.3 Å². The van der Waals surface area contributed by atoms with Crippen LogP contribution in [0.2, 0.25) is 5.02 Å². The molecule has 1 saturated heterocycles. The van der Waals surface area contributed by atoms with E-state index in [1.54, 1.807) is 29.4 Å². The summed E-state index contributed by atoms with van der Waals surface area (Å²) in [5, 5.41) is 0.603. The quantitative estimate of drug-likeness (QED) is 0.781.